The van der Waals surface area contributed by atoms with Gasteiger partial charge in [-0.25, -0.2) is 0 Å². The number of rotatable bonds is 5. The van der Waals surface area contributed by atoms with Crippen LogP contribution in [0.3, 0.4) is 0 Å². The lowest BCUT2D eigenvalue weighted by Gasteiger charge is -2.31. The first kappa shape index (κ1) is 30.3. The fourth-order valence-corrected chi connectivity index (χ4v) is 8.45. The molecule has 1 aliphatic carbocycles. The van der Waals surface area contributed by atoms with E-state index in [-0.39, 0.29) is 6.71 Å². The van der Waals surface area contributed by atoms with E-state index in [4.69, 9.17) is 9.97 Å². The van der Waals surface area contributed by atoms with Gasteiger partial charge in [0.1, 0.15) is 0 Å². The van der Waals surface area contributed by atoms with Crippen molar-refractivity contribution in [2.75, 3.05) is 0 Å². The van der Waals surface area contributed by atoms with Gasteiger partial charge in [-0.15, -0.1) is 0 Å². The summed E-state index contributed by atoms with van der Waals surface area (Å²) in [7, 11) is 0. The maximum Gasteiger partial charge on any atom is 0.243 e. The van der Waals surface area contributed by atoms with E-state index in [1.165, 1.54) is 60.9 Å². The Labute approximate surface area is 294 Å². The Morgan fingerprint density at radius 3 is 2.18 bits per heavy atom. The minimum Gasteiger partial charge on any atom is -0.313 e. The zero-order valence-electron chi connectivity index (χ0n) is 28.9. The first-order valence-corrected chi connectivity index (χ1v) is 17.7. The molecule has 0 spiro atoms. The molecule has 0 amide bonds. The summed E-state index contributed by atoms with van der Waals surface area (Å²) in [4.78, 5) is 9.83. The number of hydrogen-bond acceptors (Lipinski definition) is 2. The van der Waals surface area contributed by atoms with Crippen LogP contribution in [0.2, 0.25) is 0 Å². The topological polar surface area (TPSA) is 30.7 Å². The molecule has 2 aliphatic rings. The van der Waals surface area contributed by atoms with E-state index >= 15 is 0 Å². The van der Waals surface area contributed by atoms with Gasteiger partial charge in [0.15, 0.2) is 0 Å². The molecule has 7 aromatic rings. The average Bonchev–Trinajstić information content (AvgIpc) is 3.48. The Morgan fingerprint density at radius 2 is 1.44 bits per heavy atom. The third kappa shape index (κ3) is 4.98. The summed E-state index contributed by atoms with van der Waals surface area (Å²) in [5, 5.41) is 1.33. The molecular formula is C46H38BN3. The van der Waals surface area contributed by atoms with Gasteiger partial charge in [-0.2, -0.15) is 0 Å². The second-order valence-corrected chi connectivity index (χ2v) is 13.9. The van der Waals surface area contributed by atoms with Crippen molar-refractivity contribution in [1.82, 2.24) is 14.5 Å². The van der Waals surface area contributed by atoms with Gasteiger partial charge in [-0.3, -0.25) is 9.97 Å². The summed E-state index contributed by atoms with van der Waals surface area (Å²) in [5.74, 6) is 0. The molecule has 3 aromatic heterocycles. The van der Waals surface area contributed by atoms with Crippen LogP contribution < -0.4 is 16.4 Å². The Hall–Kier alpha value is -5.74. The maximum absolute atomic E-state index is 4.92. The van der Waals surface area contributed by atoms with Crippen LogP contribution in [0.15, 0.2) is 122 Å². The molecule has 240 valence electrons. The highest BCUT2D eigenvalue weighted by atomic mass is 15.0. The second-order valence-electron chi connectivity index (χ2n) is 13.9. The summed E-state index contributed by atoms with van der Waals surface area (Å²) in [6, 6.07) is 40.0. The van der Waals surface area contributed by atoms with Gasteiger partial charge < -0.3 is 4.57 Å². The number of pyridine rings is 2. The van der Waals surface area contributed by atoms with E-state index in [1.54, 1.807) is 0 Å². The van der Waals surface area contributed by atoms with Crippen LogP contribution in [0.5, 0.6) is 0 Å². The third-order valence-corrected chi connectivity index (χ3v) is 10.7. The largest absolute Gasteiger partial charge is 0.313 e. The fourth-order valence-electron chi connectivity index (χ4n) is 8.45. The average molecular weight is 644 g/mol. The fraction of sp³-hybridized carbons (Fsp3) is 0.130. The van der Waals surface area contributed by atoms with Gasteiger partial charge in [-0.1, -0.05) is 113 Å². The summed E-state index contributed by atoms with van der Waals surface area (Å²) in [5.41, 5.74) is 20.7. The molecule has 4 heterocycles. The Kier molecular flexibility index (Phi) is 7.28. The Bertz CT molecular complexity index is 2530. The van der Waals surface area contributed by atoms with Crippen molar-refractivity contribution in [2.45, 2.75) is 40.0 Å². The number of benzene rings is 4. The highest BCUT2D eigenvalue weighted by Crippen LogP contribution is 2.35. The lowest BCUT2D eigenvalue weighted by atomic mass is 9.32. The molecule has 3 nitrogen and oxygen atoms in total. The first-order valence-electron chi connectivity index (χ1n) is 17.7. The van der Waals surface area contributed by atoms with Crippen molar-refractivity contribution in [3.05, 3.63) is 167 Å². The zero-order valence-corrected chi connectivity index (χ0v) is 28.9. The van der Waals surface area contributed by atoms with E-state index in [9.17, 15) is 0 Å². The highest BCUT2D eigenvalue weighted by molar-refractivity contribution is 6.97. The van der Waals surface area contributed by atoms with Crippen molar-refractivity contribution >= 4 is 46.2 Å². The van der Waals surface area contributed by atoms with E-state index in [1.807, 2.05) is 6.08 Å². The molecule has 1 aliphatic heterocycles. The highest BCUT2D eigenvalue weighted by Gasteiger charge is 2.34. The molecule has 4 heteroatoms. The predicted octanol–water partition coefficient (Wildman–Crippen LogP) is 8.70. The van der Waals surface area contributed by atoms with Gasteiger partial charge in [0.05, 0.1) is 16.9 Å². The van der Waals surface area contributed by atoms with Crippen LogP contribution in [-0.2, 0) is 12.8 Å². The number of para-hydroxylation sites is 1. The van der Waals surface area contributed by atoms with Crippen molar-refractivity contribution in [3.8, 4) is 28.2 Å². The molecule has 0 N–H and O–H groups in total. The summed E-state index contributed by atoms with van der Waals surface area (Å²) in [6.07, 6.45) is 9.64. The van der Waals surface area contributed by atoms with Crippen LogP contribution in [0.25, 0.3) is 51.3 Å². The van der Waals surface area contributed by atoms with Crippen molar-refractivity contribution in [2.24, 2.45) is 0 Å². The number of allylic oxidation sites excluding steroid dienone is 1. The van der Waals surface area contributed by atoms with Crippen LogP contribution in [0.1, 0.15) is 51.3 Å². The summed E-state index contributed by atoms with van der Waals surface area (Å²) >= 11 is 0. The number of aromatic nitrogens is 3. The number of hydrogen-bond donors (Lipinski definition) is 0. The molecule has 0 saturated heterocycles. The molecular weight excluding hydrogens is 605 g/mol. The second kappa shape index (κ2) is 12.0. The number of nitrogens with zero attached hydrogens (tertiary/aromatic N) is 3. The molecule has 0 atom stereocenters. The molecule has 50 heavy (non-hydrogen) atoms. The van der Waals surface area contributed by atoms with Crippen LogP contribution >= 0.6 is 0 Å². The monoisotopic (exact) mass is 643 g/mol. The predicted molar refractivity (Wildman–Crippen MR) is 212 cm³/mol. The molecule has 9 rings (SSSR count). The Balaban J connectivity index is 1.29. The first-order chi connectivity index (χ1) is 24.5. The lowest BCUT2D eigenvalue weighted by molar-refractivity contribution is 0.887. The molecule has 0 saturated carbocycles. The zero-order chi connectivity index (χ0) is 33.9. The summed E-state index contributed by atoms with van der Waals surface area (Å²) in [6.45, 7) is 10.7. The van der Waals surface area contributed by atoms with Gasteiger partial charge in [0.2, 0.25) is 6.71 Å². The molecule has 4 aromatic carbocycles. The Morgan fingerprint density at radius 1 is 0.720 bits per heavy atom. The van der Waals surface area contributed by atoms with E-state index in [0.29, 0.717) is 0 Å². The van der Waals surface area contributed by atoms with Crippen LogP contribution in [0.4, 0.5) is 0 Å². The molecule has 0 unspecified atom stereocenters. The number of fused-ring (bicyclic) bond motifs is 5. The van der Waals surface area contributed by atoms with Crippen molar-refractivity contribution in [3.63, 3.8) is 0 Å². The van der Waals surface area contributed by atoms with E-state index in [2.05, 4.69) is 153 Å². The van der Waals surface area contributed by atoms with E-state index in [0.717, 1.165) is 58.7 Å². The van der Waals surface area contributed by atoms with Gasteiger partial charge in [0, 0.05) is 33.7 Å². The molecule has 0 fully saturated rings. The summed E-state index contributed by atoms with van der Waals surface area (Å²) < 4.78 is 2.53. The smallest absolute Gasteiger partial charge is 0.243 e. The minimum atomic E-state index is 0.0172. The number of aryl methyl sites for hydroxylation is 3. The normalized spacial score (nSPS) is 13.2. The maximum atomic E-state index is 4.92. The van der Waals surface area contributed by atoms with Crippen LogP contribution in [-0.4, -0.2) is 21.2 Å². The quantitative estimate of drug-likeness (QED) is 0.176. The van der Waals surface area contributed by atoms with Gasteiger partial charge >= 0.3 is 0 Å². The van der Waals surface area contributed by atoms with Crippen LogP contribution in [0, 0.1) is 20.8 Å². The van der Waals surface area contributed by atoms with Crippen molar-refractivity contribution in [1.29, 1.82) is 0 Å². The van der Waals surface area contributed by atoms with Gasteiger partial charge in [-0.05, 0) is 110 Å². The lowest BCUT2D eigenvalue weighted by Crippen LogP contribution is -2.58. The van der Waals surface area contributed by atoms with E-state index < -0.39 is 0 Å². The minimum absolute atomic E-state index is 0.0172. The third-order valence-electron chi connectivity index (χ3n) is 10.7. The SMILES string of the molecule is C=Cc1ccc(-c2cccc(C)n2)cc1B1c2cc(-c3cccc(C)n3)ccc2Cc2cc(-n3c4c(c5ccccc53)C=CCC4)cc(C)c21. The molecule has 0 bridgehead atoms. The van der Waals surface area contributed by atoms with Crippen molar-refractivity contribution < 1.29 is 0 Å². The molecule has 0 radical (unpaired) electrons. The van der Waals surface area contributed by atoms with Gasteiger partial charge in [0.25, 0.3) is 0 Å². The standard InChI is InChI=1S/C46H38BN3/c1-5-32-20-22-34(42-16-10-12-30(3)48-42)27-40(32)47-41-28-35(43-17-11-13-31(4)49-43)23-21-33(41)25-36-26-37(24-29(2)46(36)47)50-44-18-8-6-14-38(44)39-15-7-9-19-45(39)50/h5-8,10-18,20-24,26-28H,1,9,19,25H2,2-4H3.